The van der Waals surface area contributed by atoms with Gasteiger partial charge in [0.25, 0.3) is 11.8 Å². The Balaban J connectivity index is 1.69. The van der Waals surface area contributed by atoms with Gasteiger partial charge in [0.15, 0.2) is 0 Å². The molecule has 1 aliphatic rings. The third kappa shape index (κ3) is 4.08. The maximum atomic E-state index is 12.5. The number of carbonyl (C=O) groups is 3. The summed E-state index contributed by atoms with van der Waals surface area (Å²) in [6.45, 7) is 1.86. The van der Waals surface area contributed by atoms with Crippen LogP contribution < -0.4 is 16.0 Å². The molecule has 2 aromatic rings. The Kier molecular flexibility index (Phi) is 5.02. The van der Waals surface area contributed by atoms with Crippen LogP contribution in [0, 0.1) is 12.8 Å². The molecule has 6 nitrogen and oxygen atoms in total. The molecule has 3 rings (SSSR count). The Bertz CT molecular complexity index is 855. The number of hydrogen-bond donors (Lipinski definition) is 3. The molecule has 0 aromatic heterocycles. The van der Waals surface area contributed by atoms with Crippen molar-refractivity contribution in [3.8, 4) is 0 Å². The third-order valence-corrected chi connectivity index (χ3v) is 4.34. The smallest absolute Gasteiger partial charge is 0.255 e. The van der Waals surface area contributed by atoms with E-state index in [1.807, 2.05) is 6.92 Å². The second kappa shape index (κ2) is 7.39. The van der Waals surface area contributed by atoms with Crippen LogP contribution in [0.2, 0.25) is 0 Å². The number of amides is 3. The van der Waals surface area contributed by atoms with E-state index in [1.165, 1.54) is 0 Å². The predicted molar refractivity (Wildman–Crippen MR) is 100 cm³/mol. The van der Waals surface area contributed by atoms with Crippen LogP contribution >= 0.6 is 0 Å². The predicted octanol–water partition coefficient (Wildman–Crippen LogP) is 2.96. The summed E-state index contributed by atoms with van der Waals surface area (Å²) >= 11 is 0. The lowest BCUT2D eigenvalue weighted by Crippen LogP contribution is -2.19. The maximum absolute atomic E-state index is 12.5. The van der Waals surface area contributed by atoms with Gasteiger partial charge in [-0.3, -0.25) is 14.4 Å². The molecular weight excluding hydrogens is 330 g/mol. The summed E-state index contributed by atoms with van der Waals surface area (Å²) in [4.78, 5) is 36.0. The van der Waals surface area contributed by atoms with Crippen molar-refractivity contribution < 1.29 is 14.4 Å². The first-order valence-electron chi connectivity index (χ1n) is 8.53. The first-order chi connectivity index (χ1) is 12.5. The lowest BCUT2D eigenvalue weighted by atomic mass is 10.1. The van der Waals surface area contributed by atoms with Crippen molar-refractivity contribution >= 4 is 29.1 Å². The minimum atomic E-state index is -0.276. The normalized spacial score (nSPS) is 13.0. The topological polar surface area (TPSA) is 87.3 Å². The van der Waals surface area contributed by atoms with E-state index in [4.69, 9.17) is 0 Å². The van der Waals surface area contributed by atoms with Crippen LogP contribution in [-0.2, 0) is 4.79 Å². The molecule has 0 radical (unpaired) electrons. The molecule has 1 fully saturated rings. The lowest BCUT2D eigenvalue weighted by Gasteiger charge is -2.11. The highest BCUT2D eigenvalue weighted by molar-refractivity contribution is 6.06. The summed E-state index contributed by atoms with van der Waals surface area (Å²) in [6, 6.07) is 11.9. The standard InChI is InChI=1S/C20H21N3O3/c1-12-3-4-15(18(24)21-2)11-17(12)23-20(26)14-7-9-16(10-8-14)22-19(25)13-5-6-13/h3-4,7-11,13H,5-6H2,1-2H3,(H,21,24)(H,22,25)(H,23,26). The molecular formula is C20H21N3O3. The second-order valence-corrected chi connectivity index (χ2v) is 6.40. The fourth-order valence-corrected chi connectivity index (χ4v) is 2.53. The second-order valence-electron chi connectivity index (χ2n) is 6.40. The number of aryl methyl sites for hydroxylation is 1. The van der Waals surface area contributed by atoms with Gasteiger partial charge in [-0.1, -0.05) is 6.07 Å². The SMILES string of the molecule is CNC(=O)c1ccc(C)c(NC(=O)c2ccc(NC(=O)C3CC3)cc2)c1. The molecule has 0 spiro atoms. The molecule has 0 atom stereocenters. The van der Waals surface area contributed by atoms with Crippen LogP contribution in [-0.4, -0.2) is 24.8 Å². The van der Waals surface area contributed by atoms with Crippen molar-refractivity contribution in [2.24, 2.45) is 5.92 Å². The van der Waals surface area contributed by atoms with Crippen LogP contribution in [0.4, 0.5) is 11.4 Å². The van der Waals surface area contributed by atoms with E-state index in [0.29, 0.717) is 22.5 Å². The Morgan fingerprint density at radius 2 is 1.54 bits per heavy atom. The number of anilines is 2. The van der Waals surface area contributed by atoms with Gasteiger partial charge in [0.1, 0.15) is 0 Å². The average Bonchev–Trinajstić information content (AvgIpc) is 3.48. The van der Waals surface area contributed by atoms with Crippen molar-refractivity contribution in [1.29, 1.82) is 0 Å². The minimum absolute atomic E-state index is 0.0313. The summed E-state index contributed by atoms with van der Waals surface area (Å²) in [5.41, 5.74) is 3.07. The van der Waals surface area contributed by atoms with Crippen LogP contribution in [0.1, 0.15) is 39.1 Å². The van der Waals surface area contributed by atoms with Crippen molar-refractivity contribution in [2.45, 2.75) is 19.8 Å². The number of benzene rings is 2. The van der Waals surface area contributed by atoms with Gasteiger partial charge < -0.3 is 16.0 Å². The molecule has 1 aliphatic carbocycles. The summed E-state index contributed by atoms with van der Waals surface area (Å²) in [7, 11) is 1.56. The van der Waals surface area contributed by atoms with Crippen molar-refractivity contribution in [3.63, 3.8) is 0 Å². The van der Waals surface area contributed by atoms with Crippen LogP contribution in [0.25, 0.3) is 0 Å². The summed E-state index contributed by atoms with van der Waals surface area (Å²) in [5, 5.41) is 8.23. The molecule has 6 heteroatoms. The molecule has 0 bridgehead atoms. The molecule has 1 saturated carbocycles. The van der Waals surface area contributed by atoms with Crippen molar-refractivity contribution in [3.05, 3.63) is 59.2 Å². The minimum Gasteiger partial charge on any atom is -0.355 e. The highest BCUT2D eigenvalue weighted by Crippen LogP contribution is 2.30. The van der Waals surface area contributed by atoms with E-state index in [-0.39, 0.29) is 23.6 Å². The Labute approximate surface area is 152 Å². The summed E-state index contributed by atoms with van der Waals surface area (Å²) < 4.78 is 0. The summed E-state index contributed by atoms with van der Waals surface area (Å²) in [6.07, 6.45) is 1.89. The molecule has 0 saturated heterocycles. The molecule has 0 unspecified atom stereocenters. The highest BCUT2D eigenvalue weighted by atomic mass is 16.2. The zero-order chi connectivity index (χ0) is 18.7. The van der Waals surface area contributed by atoms with Gasteiger partial charge in [0.2, 0.25) is 5.91 Å². The molecule has 134 valence electrons. The maximum Gasteiger partial charge on any atom is 0.255 e. The number of nitrogens with one attached hydrogen (secondary N) is 3. The quantitative estimate of drug-likeness (QED) is 0.774. The highest BCUT2D eigenvalue weighted by Gasteiger charge is 2.29. The van der Waals surface area contributed by atoms with E-state index in [1.54, 1.807) is 49.5 Å². The molecule has 0 heterocycles. The number of rotatable bonds is 5. The Hall–Kier alpha value is -3.15. The van der Waals surface area contributed by atoms with E-state index in [9.17, 15) is 14.4 Å². The zero-order valence-electron chi connectivity index (χ0n) is 14.8. The van der Waals surface area contributed by atoms with E-state index in [2.05, 4.69) is 16.0 Å². The van der Waals surface area contributed by atoms with E-state index < -0.39 is 0 Å². The fourth-order valence-electron chi connectivity index (χ4n) is 2.53. The van der Waals surface area contributed by atoms with Crippen LogP contribution in [0.15, 0.2) is 42.5 Å². The first-order valence-corrected chi connectivity index (χ1v) is 8.53. The van der Waals surface area contributed by atoms with E-state index in [0.717, 1.165) is 18.4 Å². The van der Waals surface area contributed by atoms with Gasteiger partial charge in [-0.25, -0.2) is 0 Å². The molecule has 0 aliphatic heterocycles. The Morgan fingerprint density at radius 3 is 2.15 bits per heavy atom. The van der Waals surface area contributed by atoms with Gasteiger partial charge in [-0.2, -0.15) is 0 Å². The third-order valence-electron chi connectivity index (χ3n) is 4.34. The monoisotopic (exact) mass is 351 g/mol. The molecule has 3 amide bonds. The van der Waals surface area contributed by atoms with Gasteiger partial charge in [-0.05, 0) is 61.7 Å². The molecule has 26 heavy (non-hydrogen) atoms. The lowest BCUT2D eigenvalue weighted by molar-refractivity contribution is -0.117. The Morgan fingerprint density at radius 1 is 0.885 bits per heavy atom. The van der Waals surface area contributed by atoms with Gasteiger partial charge in [0.05, 0.1) is 0 Å². The van der Waals surface area contributed by atoms with Gasteiger partial charge in [0, 0.05) is 35.5 Å². The molecule has 3 N–H and O–H groups in total. The van der Waals surface area contributed by atoms with Crippen LogP contribution in [0.5, 0.6) is 0 Å². The van der Waals surface area contributed by atoms with Crippen molar-refractivity contribution in [2.75, 3.05) is 17.7 Å². The molecule has 2 aromatic carbocycles. The average molecular weight is 351 g/mol. The van der Waals surface area contributed by atoms with Crippen molar-refractivity contribution in [1.82, 2.24) is 5.32 Å². The van der Waals surface area contributed by atoms with Gasteiger partial charge in [-0.15, -0.1) is 0 Å². The largest absolute Gasteiger partial charge is 0.355 e. The summed E-state index contributed by atoms with van der Waals surface area (Å²) in [5.74, 6) is -0.323. The van der Waals surface area contributed by atoms with Crippen LogP contribution in [0.3, 0.4) is 0 Å². The first kappa shape index (κ1) is 17.7. The fraction of sp³-hybridized carbons (Fsp3) is 0.250. The number of carbonyl (C=O) groups excluding carboxylic acids is 3. The van der Waals surface area contributed by atoms with E-state index >= 15 is 0 Å². The number of hydrogen-bond acceptors (Lipinski definition) is 3. The van der Waals surface area contributed by atoms with Gasteiger partial charge >= 0.3 is 0 Å². The zero-order valence-corrected chi connectivity index (χ0v) is 14.8.